The first-order valence-electron chi connectivity index (χ1n) is 4.75. The van der Waals surface area contributed by atoms with Crippen LogP contribution in [0.5, 0.6) is 0 Å². The van der Waals surface area contributed by atoms with E-state index < -0.39 is 0 Å². The number of hydrogen-bond donors (Lipinski definition) is 0. The van der Waals surface area contributed by atoms with Crippen molar-refractivity contribution >= 4 is 38.4 Å². The molecule has 4 heteroatoms. The molecule has 0 aliphatic carbocycles. The van der Waals surface area contributed by atoms with Crippen LogP contribution in [0.3, 0.4) is 0 Å². The van der Waals surface area contributed by atoms with Crippen molar-refractivity contribution in [3.05, 3.63) is 33.6 Å². The molecule has 2 rings (SSSR count). The normalized spacial score (nSPS) is 9.67. The number of fused-ring (bicyclic) bond motifs is 1. The van der Waals surface area contributed by atoms with E-state index >= 15 is 0 Å². The molecule has 0 N–H and O–H groups in total. The maximum absolute atomic E-state index is 5.68. The number of aryl methyl sites for hydroxylation is 1. The van der Waals surface area contributed by atoms with E-state index in [1.54, 1.807) is 6.20 Å². The van der Waals surface area contributed by atoms with Gasteiger partial charge < -0.3 is 0 Å². The van der Waals surface area contributed by atoms with Gasteiger partial charge >= 0.3 is 0 Å². The monoisotopic (exact) mass is 286 g/mol. The number of benzene rings is 1. The Balaban J connectivity index is 0.000000531. The Morgan fingerprint density at radius 3 is 2.60 bits per heavy atom. The van der Waals surface area contributed by atoms with Gasteiger partial charge in [0.1, 0.15) is 0 Å². The molecule has 0 saturated heterocycles. The summed E-state index contributed by atoms with van der Waals surface area (Å²) in [5.41, 5.74) is 2.02. The molecule has 0 bridgehead atoms. The quantitative estimate of drug-likeness (QED) is 0.672. The maximum atomic E-state index is 5.68. The molecule has 1 heterocycles. The number of rotatable bonds is 0. The lowest BCUT2D eigenvalue weighted by Gasteiger charge is -2.01. The van der Waals surface area contributed by atoms with Gasteiger partial charge in [0.2, 0.25) is 5.28 Å². The van der Waals surface area contributed by atoms with E-state index in [0.717, 1.165) is 20.9 Å². The van der Waals surface area contributed by atoms with Crippen molar-refractivity contribution < 1.29 is 0 Å². The molecule has 15 heavy (non-hydrogen) atoms. The molecule has 0 aliphatic heterocycles. The molecule has 0 spiro atoms. The molecule has 0 saturated carbocycles. The lowest BCUT2D eigenvalue weighted by Crippen LogP contribution is -1.85. The first-order chi connectivity index (χ1) is 7.16. The van der Waals surface area contributed by atoms with Gasteiger partial charge in [-0.25, -0.2) is 9.97 Å². The minimum absolute atomic E-state index is 0.286. The molecule has 80 valence electrons. The van der Waals surface area contributed by atoms with Crippen LogP contribution in [0.2, 0.25) is 5.28 Å². The highest BCUT2D eigenvalue weighted by molar-refractivity contribution is 9.10. The second kappa shape index (κ2) is 5.42. The highest BCUT2D eigenvalue weighted by Gasteiger charge is 2.01. The van der Waals surface area contributed by atoms with Gasteiger partial charge in [0.25, 0.3) is 0 Å². The third-order valence-corrected chi connectivity index (χ3v) is 2.87. The molecule has 0 amide bonds. The third-order valence-electron chi connectivity index (χ3n) is 1.83. The summed E-state index contributed by atoms with van der Waals surface area (Å²) in [4.78, 5) is 8.02. The molecule has 0 fully saturated rings. The van der Waals surface area contributed by atoms with Crippen LogP contribution in [0.4, 0.5) is 0 Å². The molecule has 1 aromatic carbocycles. The number of halogens is 2. The van der Waals surface area contributed by atoms with Crippen LogP contribution >= 0.6 is 27.5 Å². The summed E-state index contributed by atoms with van der Waals surface area (Å²) >= 11 is 9.12. The van der Waals surface area contributed by atoms with Crippen molar-refractivity contribution in [1.82, 2.24) is 9.97 Å². The van der Waals surface area contributed by atoms with Gasteiger partial charge in [0, 0.05) is 16.1 Å². The van der Waals surface area contributed by atoms with Crippen LogP contribution < -0.4 is 0 Å². The molecular formula is C11H12BrClN2. The lowest BCUT2D eigenvalue weighted by molar-refractivity contribution is 1.22. The summed E-state index contributed by atoms with van der Waals surface area (Å²) in [6.07, 6.45) is 1.72. The molecule has 1 aromatic heterocycles. The van der Waals surface area contributed by atoms with E-state index in [0.29, 0.717) is 0 Å². The zero-order valence-corrected chi connectivity index (χ0v) is 11.2. The molecule has 0 aliphatic rings. The van der Waals surface area contributed by atoms with Gasteiger partial charge in [-0.1, -0.05) is 29.8 Å². The predicted octanol–water partition coefficient (Wildman–Crippen LogP) is 4.38. The first kappa shape index (κ1) is 12.4. The SMILES string of the molecule is CC.Cc1cc2nc(Cl)ncc2cc1Br. The highest BCUT2D eigenvalue weighted by Crippen LogP contribution is 2.22. The number of aromatic nitrogens is 2. The lowest BCUT2D eigenvalue weighted by atomic mass is 10.2. The zero-order chi connectivity index (χ0) is 11.4. The van der Waals surface area contributed by atoms with Crippen LogP contribution in [0.25, 0.3) is 10.9 Å². The Hall–Kier alpha value is -0.670. The first-order valence-corrected chi connectivity index (χ1v) is 5.92. The minimum atomic E-state index is 0.286. The predicted molar refractivity (Wildman–Crippen MR) is 68.3 cm³/mol. The van der Waals surface area contributed by atoms with Crippen LogP contribution in [0.1, 0.15) is 19.4 Å². The van der Waals surface area contributed by atoms with Crippen LogP contribution in [0.15, 0.2) is 22.8 Å². The fourth-order valence-corrected chi connectivity index (χ4v) is 1.63. The Labute approximate surface area is 103 Å². The van der Waals surface area contributed by atoms with Crippen molar-refractivity contribution in [3.8, 4) is 0 Å². The van der Waals surface area contributed by atoms with Gasteiger partial charge in [-0.05, 0) is 36.2 Å². The van der Waals surface area contributed by atoms with E-state index in [4.69, 9.17) is 11.6 Å². The summed E-state index contributed by atoms with van der Waals surface area (Å²) in [6, 6.07) is 3.97. The molecule has 2 nitrogen and oxygen atoms in total. The van der Waals surface area contributed by atoms with Crippen molar-refractivity contribution in [1.29, 1.82) is 0 Å². The van der Waals surface area contributed by atoms with Gasteiger partial charge in [0.05, 0.1) is 5.52 Å². The zero-order valence-electron chi connectivity index (χ0n) is 8.88. The van der Waals surface area contributed by atoms with Crippen molar-refractivity contribution in [2.24, 2.45) is 0 Å². The van der Waals surface area contributed by atoms with E-state index in [9.17, 15) is 0 Å². The summed E-state index contributed by atoms with van der Waals surface area (Å²) in [7, 11) is 0. The van der Waals surface area contributed by atoms with Crippen LogP contribution in [-0.4, -0.2) is 9.97 Å². The molecule has 2 aromatic rings. The van der Waals surface area contributed by atoms with Crippen molar-refractivity contribution in [2.75, 3.05) is 0 Å². The molecule has 0 atom stereocenters. The highest BCUT2D eigenvalue weighted by atomic mass is 79.9. The number of hydrogen-bond acceptors (Lipinski definition) is 2. The minimum Gasteiger partial charge on any atom is -0.226 e. The molecular weight excluding hydrogens is 275 g/mol. The summed E-state index contributed by atoms with van der Waals surface area (Å²) < 4.78 is 1.06. The van der Waals surface area contributed by atoms with Gasteiger partial charge in [-0.3, -0.25) is 0 Å². The fraction of sp³-hybridized carbons (Fsp3) is 0.273. The van der Waals surface area contributed by atoms with Gasteiger partial charge in [-0.15, -0.1) is 0 Å². The van der Waals surface area contributed by atoms with E-state index in [1.165, 1.54) is 0 Å². The Kier molecular flexibility index (Phi) is 4.48. The van der Waals surface area contributed by atoms with Crippen molar-refractivity contribution in [2.45, 2.75) is 20.8 Å². The summed E-state index contributed by atoms with van der Waals surface area (Å²) in [5, 5.41) is 1.27. The summed E-state index contributed by atoms with van der Waals surface area (Å²) in [6.45, 7) is 6.01. The van der Waals surface area contributed by atoms with E-state index in [-0.39, 0.29) is 5.28 Å². The fourth-order valence-electron chi connectivity index (χ4n) is 1.13. The van der Waals surface area contributed by atoms with E-state index in [1.807, 2.05) is 32.9 Å². The Bertz CT molecular complexity index is 471. The van der Waals surface area contributed by atoms with Gasteiger partial charge in [0.15, 0.2) is 0 Å². The second-order valence-electron chi connectivity index (χ2n) is 2.80. The average Bonchev–Trinajstić information content (AvgIpc) is 2.23. The second-order valence-corrected chi connectivity index (χ2v) is 3.99. The smallest absolute Gasteiger partial charge is 0.222 e. The van der Waals surface area contributed by atoms with Crippen molar-refractivity contribution in [3.63, 3.8) is 0 Å². The van der Waals surface area contributed by atoms with Gasteiger partial charge in [-0.2, -0.15) is 0 Å². The Morgan fingerprint density at radius 2 is 1.93 bits per heavy atom. The average molecular weight is 288 g/mol. The maximum Gasteiger partial charge on any atom is 0.222 e. The topological polar surface area (TPSA) is 25.8 Å². The van der Waals surface area contributed by atoms with E-state index in [2.05, 4.69) is 25.9 Å². The summed E-state index contributed by atoms with van der Waals surface area (Å²) in [5.74, 6) is 0. The molecule has 0 unspecified atom stereocenters. The standard InChI is InChI=1S/C9H6BrClN2.C2H6/c1-5-2-8-6(3-7(5)10)4-12-9(11)13-8;1-2/h2-4H,1H3;1-2H3. The Morgan fingerprint density at radius 1 is 1.27 bits per heavy atom. The third kappa shape index (κ3) is 2.89. The largest absolute Gasteiger partial charge is 0.226 e. The van der Waals surface area contributed by atoms with Crippen LogP contribution in [0, 0.1) is 6.92 Å². The number of nitrogens with zero attached hydrogens (tertiary/aromatic N) is 2. The molecule has 0 radical (unpaired) electrons. The van der Waals surface area contributed by atoms with Crippen LogP contribution in [-0.2, 0) is 0 Å².